The molecule has 0 aliphatic rings. The van der Waals surface area contributed by atoms with Crippen LogP contribution in [0.1, 0.15) is 48.4 Å². The lowest BCUT2D eigenvalue weighted by atomic mass is 9.97. The van der Waals surface area contributed by atoms with Gasteiger partial charge in [-0.1, -0.05) is 75.4 Å². The average molecular weight is 327 g/mol. The van der Waals surface area contributed by atoms with Gasteiger partial charge in [-0.05, 0) is 29.3 Å². The molecule has 0 fully saturated rings. The van der Waals surface area contributed by atoms with Crippen molar-refractivity contribution in [3.05, 3.63) is 71.3 Å². The van der Waals surface area contributed by atoms with Gasteiger partial charge < -0.3 is 4.43 Å². The highest BCUT2D eigenvalue weighted by Crippen LogP contribution is 2.41. The van der Waals surface area contributed by atoms with E-state index >= 15 is 0 Å². The van der Waals surface area contributed by atoms with Crippen molar-refractivity contribution < 1.29 is 9.22 Å². The highest BCUT2D eigenvalue weighted by Gasteiger charge is 2.40. The van der Waals surface area contributed by atoms with E-state index in [0.29, 0.717) is 5.56 Å². The monoisotopic (exact) mass is 326 g/mol. The first kappa shape index (κ1) is 17.6. The summed E-state index contributed by atoms with van der Waals surface area (Å²) in [5, 5.41) is 0.107. The van der Waals surface area contributed by atoms with E-state index in [4.69, 9.17) is 4.43 Å². The van der Waals surface area contributed by atoms with E-state index in [0.717, 1.165) is 17.4 Å². The van der Waals surface area contributed by atoms with Gasteiger partial charge in [-0.2, -0.15) is 0 Å². The molecule has 0 amide bonds. The Labute approximate surface area is 140 Å². The Hall–Kier alpha value is -1.71. The van der Waals surface area contributed by atoms with Gasteiger partial charge in [0.05, 0.1) is 6.10 Å². The maximum atomic E-state index is 11.5. The Bertz CT molecular complexity index is 657. The molecule has 3 heteroatoms. The van der Waals surface area contributed by atoms with Crippen LogP contribution in [0.25, 0.3) is 0 Å². The van der Waals surface area contributed by atoms with Crippen molar-refractivity contribution in [2.24, 2.45) is 0 Å². The molecule has 0 bridgehead atoms. The maximum Gasteiger partial charge on any atom is 0.193 e. The lowest BCUT2D eigenvalue weighted by Crippen LogP contribution is -2.42. The Morgan fingerprint density at radius 3 is 2.09 bits per heavy atom. The molecule has 0 radical (unpaired) electrons. The summed E-state index contributed by atoms with van der Waals surface area (Å²) in [6, 6.07) is 17.9. The Balaban J connectivity index is 2.52. The van der Waals surface area contributed by atoms with E-state index in [-0.39, 0.29) is 11.1 Å². The molecule has 0 heterocycles. The molecule has 0 aliphatic carbocycles. The standard InChI is InChI=1S/C20H26O2Si/c1-20(2,3)23(4,5)22-19(16-11-7-6-8-12-16)18-14-10-9-13-17(18)15-21/h6-15,19H,1-5H3. The first-order valence-corrected chi connectivity index (χ1v) is 10.9. The molecular formula is C20H26O2Si. The molecule has 2 aromatic carbocycles. The first-order valence-electron chi connectivity index (χ1n) is 8.03. The van der Waals surface area contributed by atoms with Crippen LogP contribution in [0.5, 0.6) is 0 Å². The number of carbonyl (C=O) groups is 1. The second kappa shape index (κ2) is 6.81. The molecule has 122 valence electrons. The number of aldehydes is 1. The summed E-state index contributed by atoms with van der Waals surface area (Å²) in [6.07, 6.45) is 0.707. The van der Waals surface area contributed by atoms with Crippen molar-refractivity contribution in [3.8, 4) is 0 Å². The van der Waals surface area contributed by atoms with Gasteiger partial charge in [-0.3, -0.25) is 4.79 Å². The fourth-order valence-electron chi connectivity index (χ4n) is 2.27. The molecule has 0 N–H and O–H groups in total. The zero-order chi connectivity index (χ0) is 17.1. The quantitative estimate of drug-likeness (QED) is 0.527. The zero-order valence-corrected chi connectivity index (χ0v) is 15.7. The van der Waals surface area contributed by atoms with Gasteiger partial charge in [0, 0.05) is 5.56 Å². The van der Waals surface area contributed by atoms with Crippen LogP contribution in [0.15, 0.2) is 54.6 Å². The largest absolute Gasteiger partial charge is 0.406 e. The van der Waals surface area contributed by atoms with E-state index in [2.05, 4.69) is 46.0 Å². The van der Waals surface area contributed by atoms with Gasteiger partial charge in [0.2, 0.25) is 0 Å². The van der Waals surface area contributed by atoms with Crippen molar-refractivity contribution in [3.63, 3.8) is 0 Å². The second-order valence-electron chi connectivity index (χ2n) is 7.42. The van der Waals surface area contributed by atoms with Gasteiger partial charge in [0.1, 0.15) is 6.29 Å². The fraction of sp³-hybridized carbons (Fsp3) is 0.350. The third-order valence-electron chi connectivity index (χ3n) is 4.73. The third-order valence-corrected chi connectivity index (χ3v) is 9.16. The normalized spacial score (nSPS) is 13.6. The molecule has 2 nitrogen and oxygen atoms in total. The summed E-state index contributed by atoms with van der Waals surface area (Å²) < 4.78 is 6.70. The van der Waals surface area contributed by atoms with Gasteiger partial charge in [0.15, 0.2) is 8.32 Å². The molecule has 0 spiro atoms. The Morgan fingerprint density at radius 2 is 1.52 bits per heavy atom. The zero-order valence-electron chi connectivity index (χ0n) is 14.7. The molecule has 0 aliphatic heterocycles. The number of hydrogen-bond acceptors (Lipinski definition) is 2. The smallest absolute Gasteiger partial charge is 0.193 e. The summed E-state index contributed by atoms with van der Waals surface area (Å²) >= 11 is 0. The van der Waals surface area contributed by atoms with E-state index in [1.165, 1.54) is 0 Å². The first-order chi connectivity index (χ1) is 10.8. The van der Waals surface area contributed by atoms with Gasteiger partial charge in [-0.25, -0.2) is 0 Å². The van der Waals surface area contributed by atoms with Crippen LogP contribution in [-0.2, 0) is 4.43 Å². The van der Waals surface area contributed by atoms with Crippen molar-refractivity contribution >= 4 is 14.6 Å². The molecule has 2 aromatic rings. The van der Waals surface area contributed by atoms with Crippen LogP contribution in [0, 0.1) is 0 Å². The summed E-state index contributed by atoms with van der Waals surface area (Å²) in [5.41, 5.74) is 2.73. The lowest BCUT2D eigenvalue weighted by Gasteiger charge is -2.39. The summed E-state index contributed by atoms with van der Waals surface area (Å²) in [6.45, 7) is 11.2. The third kappa shape index (κ3) is 3.98. The van der Waals surface area contributed by atoms with E-state index in [1.54, 1.807) is 0 Å². The lowest BCUT2D eigenvalue weighted by molar-refractivity contribution is 0.111. The van der Waals surface area contributed by atoms with Gasteiger partial charge >= 0.3 is 0 Å². The van der Waals surface area contributed by atoms with Gasteiger partial charge in [-0.15, -0.1) is 0 Å². The van der Waals surface area contributed by atoms with Crippen molar-refractivity contribution in [1.82, 2.24) is 0 Å². The SMILES string of the molecule is CC(C)(C)[Si](C)(C)OC(c1ccccc1)c1ccccc1C=O. The Morgan fingerprint density at radius 1 is 0.957 bits per heavy atom. The number of hydrogen-bond donors (Lipinski definition) is 0. The molecule has 23 heavy (non-hydrogen) atoms. The fourth-order valence-corrected chi connectivity index (χ4v) is 3.47. The van der Waals surface area contributed by atoms with Crippen molar-refractivity contribution in [2.45, 2.75) is 45.0 Å². The van der Waals surface area contributed by atoms with Crippen LogP contribution >= 0.6 is 0 Å². The summed E-state index contributed by atoms with van der Waals surface area (Å²) in [5.74, 6) is 0. The number of carbonyl (C=O) groups excluding carboxylic acids is 1. The minimum absolute atomic E-state index is 0.107. The number of rotatable bonds is 5. The molecular weight excluding hydrogens is 300 g/mol. The highest BCUT2D eigenvalue weighted by atomic mass is 28.4. The highest BCUT2D eigenvalue weighted by molar-refractivity contribution is 6.74. The average Bonchev–Trinajstić information content (AvgIpc) is 2.52. The van der Waals surface area contributed by atoms with Crippen LogP contribution < -0.4 is 0 Å². The number of benzene rings is 2. The molecule has 0 saturated carbocycles. The Kier molecular flexibility index (Phi) is 5.22. The van der Waals surface area contributed by atoms with Crippen molar-refractivity contribution in [1.29, 1.82) is 0 Å². The van der Waals surface area contributed by atoms with E-state index in [1.807, 2.05) is 42.5 Å². The minimum Gasteiger partial charge on any atom is -0.406 e. The molecule has 2 rings (SSSR count). The predicted molar refractivity (Wildman–Crippen MR) is 98.4 cm³/mol. The predicted octanol–water partition coefficient (Wildman–Crippen LogP) is 5.61. The van der Waals surface area contributed by atoms with E-state index in [9.17, 15) is 4.79 Å². The van der Waals surface area contributed by atoms with E-state index < -0.39 is 8.32 Å². The second-order valence-corrected chi connectivity index (χ2v) is 12.2. The maximum absolute atomic E-state index is 11.5. The van der Waals surface area contributed by atoms with Crippen LogP contribution in [0.3, 0.4) is 0 Å². The van der Waals surface area contributed by atoms with Crippen LogP contribution in [0.2, 0.25) is 18.1 Å². The van der Waals surface area contributed by atoms with Crippen LogP contribution in [0.4, 0.5) is 0 Å². The summed E-state index contributed by atoms with van der Waals surface area (Å²) in [4.78, 5) is 11.5. The molecule has 1 unspecified atom stereocenters. The topological polar surface area (TPSA) is 26.3 Å². The minimum atomic E-state index is -1.99. The van der Waals surface area contributed by atoms with Crippen molar-refractivity contribution in [2.75, 3.05) is 0 Å². The van der Waals surface area contributed by atoms with Gasteiger partial charge in [0.25, 0.3) is 0 Å². The molecule has 0 aromatic heterocycles. The molecule has 0 saturated heterocycles. The van der Waals surface area contributed by atoms with Crippen LogP contribution in [-0.4, -0.2) is 14.6 Å². The summed E-state index contributed by atoms with van der Waals surface area (Å²) in [7, 11) is -1.99. The molecule has 1 atom stereocenters.